The van der Waals surface area contributed by atoms with Crippen LogP contribution in [0.4, 0.5) is 4.39 Å². The van der Waals surface area contributed by atoms with Crippen molar-refractivity contribution in [3.05, 3.63) is 65.5 Å². The standard InChI is InChI=1S/C26H27FN2O3/c27-20-5-3-19(4-6-20)24(31-23-9-1-18(17-28)2-10-23)12-14-29-21-7-8-22(29)16-26(15-21)13-11-25(30)32-26/h1-6,9-10,21-22,24H,7-8,11-16H2. The maximum Gasteiger partial charge on any atom is 0.306 e. The van der Waals surface area contributed by atoms with Crippen molar-refractivity contribution in [3.63, 3.8) is 0 Å². The van der Waals surface area contributed by atoms with Crippen LogP contribution in [0.1, 0.15) is 62.2 Å². The van der Waals surface area contributed by atoms with Crippen LogP contribution in [0.15, 0.2) is 48.5 Å². The van der Waals surface area contributed by atoms with Crippen molar-refractivity contribution >= 4 is 5.97 Å². The third-order valence-electron chi connectivity index (χ3n) is 7.25. The molecule has 3 heterocycles. The van der Waals surface area contributed by atoms with Gasteiger partial charge in [0.15, 0.2) is 0 Å². The number of esters is 1. The topological polar surface area (TPSA) is 62.6 Å². The third kappa shape index (κ3) is 4.22. The van der Waals surface area contributed by atoms with E-state index in [1.54, 1.807) is 36.4 Å². The Hall–Kier alpha value is -2.91. The number of halogens is 1. The molecule has 3 unspecified atom stereocenters. The van der Waals surface area contributed by atoms with Crippen molar-refractivity contribution in [2.24, 2.45) is 0 Å². The number of ether oxygens (including phenoxy) is 2. The zero-order valence-electron chi connectivity index (χ0n) is 18.0. The van der Waals surface area contributed by atoms with Gasteiger partial charge in [-0.2, -0.15) is 5.26 Å². The quantitative estimate of drug-likeness (QED) is 0.605. The molecule has 3 aliphatic rings. The average molecular weight is 435 g/mol. The Morgan fingerprint density at radius 1 is 1.12 bits per heavy atom. The number of rotatable bonds is 6. The van der Waals surface area contributed by atoms with Gasteiger partial charge in [0.1, 0.15) is 23.3 Å². The number of carbonyl (C=O) groups excluding carboxylic acids is 1. The largest absolute Gasteiger partial charge is 0.486 e. The maximum atomic E-state index is 13.5. The highest BCUT2D eigenvalue weighted by Gasteiger charge is 2.52. The smallest absolute Gasteiger partial charge is 0.306 e. The Kier molecular flexibility index (Phi) is 5.60. The van der Waals surface area contributed by atoms with E-state index in [2.05, 4.69) is 11.0 Å². The van der Waals surface area contributed by atoms with Gasteiger partial charge in [0.25, 0.3) is 0 Å². The van der Waals surface area contributed by atoms with Gasteiger partial charge in [0.05, 0.1) is 11.6 Å². The van der Waals surface area contributed by atoms with E-state index in [1.165, 1.54) is 12.1 Å². The summed E-state index contributed by atoms with van der Waals surface area (Å²) in [5, 5.41) is 9.03. The minimum atomic E-state index is -0.267. The lowest BCUT2D eigenvalue weighted by Crippen LogP contribution is -2.51. The molecular formula is C26H27FN2O3. The molecule has 3 fully saturated rings. The number of piperidine rings is 1. The van der Waals surface area contributed by atoms with Gasteiger partial charge in [-0.1, -0.05) is 12.1 Å². The summed E-state index contributed by atoms with van der Waals surface area (Å²) in [5.74, 6) is 0.373. The number of fused-ring (bicyclic) bond motifs is 2. The summed E-state index contributed by atoms with van der Waals surface area (Å²) in [6.07, 6.45) is 6.08. The Balaban J connectivity index is 1.29. The van der Waals surface area contributed by atoms with E-state index >= 15 is 0 Å². The zero-order chi connectivity index (χ0) is 22.1. The van der Waals surface area contributed by atoms with Crippen molar-refractivity contribution in [3.8, 4) is 11.8 Å². The normalized spacial score (nSPS) is 27.8. The summed E-state index contributed by atoms with van der Waals surface area (Å²) >= 11 is 0. The van der Waals surface area contributed by atoms with Crippen molar-refractivity contribution < 1.29 is 18.7 Å². The third-order valence-corrected chi connectivity index (χ3v) is 7.25. The molecule has 2 bridgehead atoms. The second kappa shape index (κ2) is 8.55. The Labute approximate surface area is 187 Å². The molecule has 166 valence electrons. The molecule has 2 aromatic rings. The fourth-order valence-corrected chi connectivity index (χ4v) is 5.73. The molecule has 0 aromatic heterocycles. The molecule has 5 rings (SSSR count). The molecule has 32 heavy (non-hydrogen) atoms. The minimum Gasteiger partial charge on any atom is -0.486 e. The second-order valence-corrected chi connectivity index (χ2v) is 9.27. The summed E-state index contributed by atoms with van der Waals surface area (Å²) in [6.45, 7) is 0.873. The first-order chi connectivity index (χ1) is 15.5. The SMILES string of the molecule is N#Cc1ccc(OC(CCN2C3CCC2CC2(CCC(=O)O2)C3)c2ccc(F)cc2)cc1. The van der Waals surface area contributed by atoms with Gasteiger partial charge < -0.3 is 9.47 Å². The second-order valence-electron chi connectivity index (χ2n) is 9.27. The van der Waals surface area contributed by atoms with Crippen molar-refractivity contribution in [2.75, 3.05) is 6.54 Å². The lowest BCUT2D eigenvalue weighted by atomic mass is 9.83. The molecule has 6 heteroatoms. The first-order valence-electron chi connectivity index (χ1n) is 11.4. The van der Waals surface area contributed by atoms with Gasteiger partial charge in [-0.25, -0.2) is 4.39 Å². The summed E-state index contributed by atoms with van der Waals surface area (Å²) in [7, 11) is 0. The van der Waals surface area contributed by atoms with Crippen LogP contribution in [0, 0.1) is 17.1 Å². The zero-order valence-corrected chi connectivity index (χ0v) is 18.0. The first-order valence-corrected chi connectivity index (χ1v) is 11.4. The number of hydrogen-bond donors (Lipinski definition) is 0. The van der Waals surface area contributed by atoms with E-state index in [4.69, 9.17) is 14.7 Å². The van der Waals surface area contributed by atoms with Crippen molar-refractivity contribution in [1.82, 2.24) is 4.90 Å². The van der Waals surface area contributed by atoms with Gasteiger partial charge in [0, 0.05) is 44.3 Å². The molecule has 3 saturated heterocycles. The number of hydrogen-bond acceptors (Lipinski definition) is 5. The molecule has 3 aliphatic heterocycles. The first kappa shape index (κ1) is 21.0. The van der Waals surface area contributed by atoms with Crippen LogP contribution in [-0.4, -0.2) is 35.1 Å². The maximum absolute atomic E-state index is 13.5. The van der Waals surface area contributed by atoms with Crippen LogP contribution < -0.4 is 4.74 Å². The predicted octanol–water partition coefficient (Wildman–Crippen LogP) is 4.91. The van der Waals surface area contributed by atoms with Crippen LogP contribution in [0.3, 0.4) is 0 Å². The number of nitrogens with zero attached hydrogens (tertiary/aromatic N) is 2. The van der Waals surface area contributed by atoms with E-state index in [1.807, 2.05) is 0 Å². The van der Waals surface area contributed by atoms with E-state index in [0.717, 1.165) is 50.6 Å². The molecule has 0 radical (unpaired) electrons. The number of benzene rings is 2. The molecule has 2 aromatic carbocycles. The van der Waals surface area contributed by atoms with Gasteiger partial charge in [-0.3, -0.25) is 9.69 Å². The fourth-order valence-electron chi connectivity index (χ4n) is 5.73. The van der Waals surface area contributed by atoms with E-state index in [9.17, 15) is 9.18 Å². The van der Waals surface area contributed by atoms with E-state index in [0.29, 0.717) is 29.8 Å². The predicted molar refractivity (Wildman–Crippen MR) is 116 cm³/mol. The highest BCUT2D eigenvalue weighted by atomic mass is 19.1. The molecule has 0 saturated carbocycles. The minimum absolute atomic E-state index is 0.0509. The summed E-state index contributed by atoms with van der Waals surface area (Å²) < 4.78 is 25.6. The average Bonchev–Trinajstić information content (AvgIpc) is 3.28. The Bertz CT molecular complexity index is 1000. The summed E-state index contributed by atoms with van der Waals surface area (Å²) in [5.41, 5.74) is 1.28. The molecular weight excluding hydrogens is 407 g/mol. The molecule has 1 spiro atoms. The van der Waals surface area contributed by atoms with Crippen LogP contribution >= 0.6 is 0 Å². The number of nitriles is 1. The van der Waals surface area contributed by atoms with Gasteiger partial charge in [-0.05, 0) is 61.2 Å². The van der Waals surface area contributed by atoms with Crippen LogP contribution in [0.5, 0.6) is 5.75 Å². The lowest BCUT2D eigenvalue weighted by Gasteiger charge is -2.44. The van der Waals surface area contributed by atoms with E-state index < -0.39 is 0 Å². The summed E-state index contributed by atoms with van der Waals surface area (Å²) in [6, 6.07) is 16.6. The van der Waals surface area contributed by atoms with E-state index in [-0.39, 0.29) is 23.5 Å². The molecule has 0 amide bonds. The number of carbonyl (C=O) groups is 1. The molecule has 3 atom stereocenters. The van der Waals surface area contributed by atoms with Crippen LogP contribution in [0.2, 0.25) is 0 Å². The van der Waals surface area contributed by atoms with Crippen molar-refractivity contribution in [2.45, 2.75) is 68.7 Å². The van der Waals surface area contributed by atoms with Crippen molar-refractivity contribution in [1.29, 1.82) is 5.26 Å². The monoisotopic (exact) mass is 434 g/mol. The fraction of sp³-hybridized carbons (Fsp3) is 0.462. The Morgan fingerprint density at radius 2 is 1.81 bits per heavy atom. The highest BCUT2D eigenvalue weighted by Crippen LogP contribution is 2.47. The highest BCUT2D eigenvalue weighted by molar-refractivity contribution is 5.72. The molecule has 0 aliphatic carbocycles. The lowest BCUT2D eigenvalue weighted by molar-refractivity contribution is -0.154. The van der Waals surface area contributed by atoms with Crippen LogP contribution in [-0.2, 0) is 9.53 Å². The Morgan fingerprint density at radius 3 is 2.41 bits per heavy atom. The summed E-state index contributed by atoms with van der Waals surface area (Å²) in [4.78, 5) is 14.3. The van der Waals surface area contributed by atoms with Gasteiger partial charge in [0.2, 0.25) is 0 Å². The van der Waals surface area contributed by atoms with Crippen LogP contribution in [0.25, 0.3) is 0 Å². The molecule has 5 nitrogen and oxygen atoms in total. The molecule has 0 N–H and O–H groups in total. The van der Waals surface area contributed by atoms with Gasteiger partial charge in [-0.15, -0.1) is 0 Å². The van der Waals surface area contributed by atoms with Gasteiger partial charge >= 0.3 is 5.97 Å².